The van der Waals surface area contributed by atoms with Crippen molar-refractivity contribution < 1.29 is 14.3 Å². The predicted octanol–water partition coefficient (Wildman–Crippen LogP) is 3.55. The van der Waals surface area contributed by atoms with Gasteiger partial charge in [-0.25, -0.2) is 4.98 Å². The number of halogens is 2. The van der Waals surface area contributed by atoms with Crippen LogP contribution < -0.4 is 14.8 Å². The highest BCUT2D eigenvalue weighted by atomic mass is 35.5. The van der Waals surface area contributed by atoms with E-state index in [1.807, 2.05) is 24.1 Å². The molecule has 8 heteroatoms. The van der Waals surface area contributed by atoms with Gasteiger partial charge in [-0.1, -0.05) is 6.07 Å². The maximum absolute atomic E-state index is 12.4. The Bertz CT molecular complexity index is 700. The molecule has 1 fully saturated rings. The highest BCUT2D eigenvalue weighted by Gasteiger charge is 2.23. The lowest BCUT2D eigenvalue weighted by Gasteiger charge is -2.32. The van der Waals surface area contributed by atoms with Crippen molar-refractivity contribution in [2.45, 2.75) is 12.8 Å². The van der Waals surface area contributed by atoms with Gasteiger partial charge in [-0.15, -0.1) is 24.8 Å². The number of benzene rings is 1. The molecule has 1 aliphatic rings. The Hall–Kier alpha value is -2.02. The lowest BCUT2D eigenvalue weighted by Crippen LogP contribution is -2.44. The fourth-order valence-corrected chi connectivity index (χ4v) is 3.12. The average molecular weight is 428 g/mol. The summed E-state index contributed by atoms with van der Waals surface area (Å²) in [4.78, 5) is 18.4. The van der Waals surface area contributed by atoms with Crippen LogP contribution in [0.15, 0.2) is 48.7 Å². The van der Waals surface area contributed by atoms with Crippen LogP contribution in [-0.4, -0.2) is 49.1 Å². The number of nitrogens with one attached hydrogen (secondary N) is 1. The zero-order valence-electron chi connectivity index (χ0n) is 15.9. The number of rotatable bonds is 7. The van der Waals surface area contributed by atoms with Gasteiger partial charge < -0.3 is 19.7 Å². The second-order valence-corrected chi connectivity index (χ2v) is 6.44. The molecule has 2 heterocycles. The molecule has 3 rings (SSSR count). The summed E-state index contributed by atoms with van der Waals surface area (Å²) in [6, 6.07) is 12.7. The Balaban J connectivity index is 0.00000196. The van der Waals surface area contributed by atoms with E-state index in [0.29, 0.717) is 23.3 Å². The highest BCUT2D eigenvalue weighted by molar-refractivity contribution is 5.85. The highest BCUT2D eigenvalue weighted by Crippen LogP contribution is 2.22. The lowest BCUT2D eigenvalue weighted by molar-refractivity contribution is -0.135. The molecule has 1 aromatic heterocycles. The van der Waals surface area contributed by atoms with Crippen molar-refractivity contribution in [2.75, 3.05) is 33.3 Å². The number of pyridine rings is 1. The van der Waals surface area contributed by atoms with E-state index in [0.717, 1.165) is 26.1 Å². The summed E-state index contributed by atoms with van der Waals surface area (Å²) in [7, 11) is 1.95. The first-order valence-electron chi connectivity index (χ1n) is 8.98. The van der Waals surface area contributed by atoms with Crippen LogP contribution in [0.25, 0.3) is 0 Å². The summed E-state index contributed by atoms with van der Waals surface area (Å²) in [6.45, 7) is 2.63. The molecule has 1 N–H and O–H groups in total. The molecule has 0 bridgehead atoms. The number of aromatic nitrogens is 1. The number of piperidine rings is 1. The van der Waals surface area contributed by atoms with Gasteiger partial charge in [0.2, 0.25) is 5.88 Å². The minimum atomic E-state index is 0. The molecule has 0 aliphatic carbocycles. The lowest BCUT2D eigenvalue weighted by atomic mass is 9.98. The first kappa shape index (κ1) is 24.0. The Labute approximate surface area is 178 Å². The number of carbonyl (C=O) groups is 1. The van der Waals surface area contributed by atoms with Gasteiger partial charge in [0.25, 0.3) is 5.91 Å². The minimum Gasteiger partial charge on any atom is -0.484 e. The van der Waals surface area contributed by atoms with Gasteiger partial charge in [0.15, 0.2) is 6.61 Å². The Morgan fingerprint density at radius 1 is 1.18 bits per heavy atom. The van der Waals surface area contributed by atoms with Crippen LogP contribution >= 0.6 is 24.8 Å². The van der Waals surface area contributed by atoms with Crippen LogP contribution in [-0.2, 0) is 4.79 Å². The van der Waals surface area contributed by atoms with Gasteiger partial charge >= 0.3 is 0 Å². The summed E-state index contributed by atoms with van der Waals surface area (Å²) < 4.78 is 11.3. The second-order valence-electron chi connectivity index (χ2n) is 6.44. The van der Waals surface area contributed by atoms with Crippen molar-refractivity contribution in [1.82, 2.24) is 15.2 Å². The van der Waals surface area contributed by atoms with Gasteiger partial charge in [-0.05, 0) is 62.7 Å². The van der Waals surface area contributed by atoms with Crippen molar-refractivity contribution in [3.05, 3.63) is 48.7 Å². The van der Waals surface area contributed by atoms with E-state index in [2.05, 4.69) is 10.3 Å². The fourth-order valence-electron chi connectivity index (χ4n) is 3.12. The van der Waals surface area contributed by atoms with Crippen molar-refractivity contribution in [3.63, 3.8) is 0 Å². The van der Waals surface area contributed by atoms with E-state index in [4.69, 9.17) is 9.47 Å². The van der Waals surface area contributed by atoms with Crippen LogP contribution in [0.5, 0.6) is 17.4 Å². The first-order valence-corrected chi connectivity index (χ1v) is 8.98. The molecule has 1 saturated heterocycles. The second kappa shape index (κ2) is 12.4. The third-order valence-electron chi connectivity index (χ3n) is 4.41. The van der Waals surface area contributed by atoms with Crippen LogP contribution in [0.4, 0.5) is 0 Å². The molecule has 28 heavy (non-hydrogen) atoms. The molecule has 0 spiro atoms. The van der Waals surface area contributed by atoms with Gasteiger partial charge in [-0.2, -0.15) is 0 Å². The number of nitrogens with zero attached hydrogens (tertiary/aromatic N) is 2. The summed E-state index contributed by atoms with van der Waals surface area (Å²) >= 11 is 0. The largest absolute Gasteiger partial charge is 0.484 e. The van der Waals surface area contributed by atoms with Crippen molar-refractivity contribution in [3.8, 4) is 17.4 Å². The van der Waals surface area contributed by atoms with Crippen molar-refractivity contribution >= 4 is 30.7 Å². The average Bonchev–Trinajstić information content (AvgIpc) is 2.68. The SMILES string of the molecule is CNCC1CCCN(C(=O)COc2ccc(Oc3ccccn3)cc2)C1.Cl.Cl. The maximum atomic E-state index is 12.4. The molecule has 6 nitrogen and oxygen atoms in total. The van der Waals surface area contributed by atoms with E-state index in [1.165, 1.54) is 6.42 Å². The molecule has 1 atom stereocenters. The van der Waals surface area contributed by atoms with Crippen LogP contribution in [0.2, 0.25) is 0 Å². The summed E-state index contributed by atoms with van der Waals surface area (Å²) in [5.74, 6) is 2.43. The monoisotopic (exact) mass is 427 g/mol. The first-order chi connectivity index (χ1) is 12.7. The Kier molecular flexibility index (Phi) is 10.7. The topological polar surface area (TPSA) is 63.7 Å². The third kappa shape index (κ3) is 7.19. The number of likely N-dealkylation sites (tertiary alicyclic amines) is 1. The van der Waals surface area contributed by atoms with Gasteiger partial charge in [-0.3, -0.25) is 4.79 Å². The fraction of sp³-hybridized carbons (Fsp3) is 0.400. The van der Waals surface area contributed by atoms with Crippen molar-refractivity contribution in [1.29, 1.82) is 0 Å². The van der Waals surface area contributed by atoms with Crippen LogP contribution in [0.1, 0.15) is 12.8 Å². The number of amides is 1. The van der Waals surface area contributed by atoms with Crippen molar-refractivity contribution in [2.24, 2.45) is 5.92 Å². The Morgan fingerprint density at radius 2 is 1.93 bits per heavy atom. The number of ether oxygens (including phenoxy) is 2. The Morgan fingerprint density at radius 3 is 2.61 bits per heavy atom. The molecule has 2 aromatic rings. The molecule has 1 aromatic carbocycles. The van der Waals surface area contributed by atoms with Gasteiger partial charge in [0.1, 0.15) is 11.5 Å². The number of hydrogen-bond donors (Lipinski definition) is 1. The molecule has 0 saturated carbocycles. The zero-order valence-corrected chi connectivity index (χ0v) is 17.5. The normalized spacial score (nSPS) is 15.8. The van der Waals surface area contributed by atoms with Gasteiger partial charge in [0, 0.05) is 25.4 Å². The quantitative estimate of drug-likeness (QED) is 0.731. The third-order valence-corrected chi connectivity index (χ3v) is 4.41. The molecule has 1 unspecified atom stereocenters. The smallest absolute Gasteiger partial charge is 0.260 e. The van der Waals surface area contributed by atoms with Crippen LogP contribution in [0, 0.1) is 5.92 Å². The van der Waals surface area contributed by atoms with E-state index in [9.17, 15) is 4.79 Å². The summed E-state index contributed by atoms with van der Waals surface area (Å²) in [5.41, 5.74) is 0. The molecule has 154 valence electrons. The maximum Gasteiger partial charge on any atom is 0.260 e. The molecular formula is C20H27Cl2N3O3. The van der Waals surface area contributed by atoms with E-state index >= 15 is 0 Å². The molecule has 1 amide bonds. The molecular weight excluding hydrogens is 401 g/mol. The van der Waals surface area contributed by atoms with Crippen LogP contribution in [0.3, 0.4) is 0 Å². The predicted molar refractivity (Wildman–Crippen MR) is 114 cm³/mol. The zero-order chi connectivity index (χ0) is 18.2. The minimum absolute atomic E-state index is 0. The summed E-state index contributed by atoms with van der Waals surface area (Å²) in [6.07, 6.45) is 3.90. The van der Waals surface area contributed by atoms with E-state index in [1.54, 1.807) is 36.5 Å². The number of carbonyl (C=O) groups excluding carboxylic acids is 1. The standard InChI is InChI=1S/C20H25N3O3.2ClH/c1-21-13-16-5-4-12-23(14-16)20(24)15-25-17-7-9-18(10-8-17)26-19-6-2-3-11-22-19;;/h2-3,6-11,16,21H,4-5,12-15H2,1H3;2*1H. The molecule has 1 aliphatic heterocycles. The molecule has 0 radical (unpaired) electrons. The number of hydrogen-bond acceptors (Lipinski definition) is 5. The summed E-state index contributed by atoms with van der Waals surface area (Å²) in [5, 5.41) is 3.19. The van der Waals surface area contributed by atoms with E-state index in [-0.39, 0.29) is 37.3 Å². The van der Waals surface area contributed by atoms with E-state index < -0.39 is 0 Å². The van der Waals surface area contributed by atoms with Gasteiger partial charge in [0.05, 0.1) is 0 Å².